The van der Waals surface area contributed by atoms with Gasteiger partial charge in [-0.15, -0.1) is 0 Å². The summed E-state index contributed by atoms with van der Waals surface area (Å²) in [5, 5.41) is 3.76. The minimum absolute atomic E-state index is 0.0354. The number of aromatic nitrogens is 1. The van der Waals surface area contributed by atoms with Crippen LogP contribution in [0.1, 0.15) is 30.7 Å². The molecular weight excluding hydrogens is 284 g/mol. The van der Waals surface area contributed by atoms with Gasteiger partial charge in [-0.05, 0) is 19.3 Å². The minimum atomic E-state index is -3.35. The zero-order valence-corrected chi connectivity index (χ0v) is 12.3. The molecule has 0 amide bonds. The summed E-state index contributed by atoms with van der Waals surface area (Å²) in [6, 6.07) is 1.66. The smallest absolute Gasteiger partial charge is 0.214 e. The monoisotopic (exact) mass is 304 g/mol. The summed E-state index contributed by atoms with van der Waals surface area (Å²) in [5.74, 6) is 0.529. The molecule has 0 bridgehead atoms. The summed E-state index contributed by atoms with van der Waals surface area (Å²) >= 11 is 0. The maximum Gasteiger partial charge on any atom is 0.214 e. The third kappa shape index (κ3) is 4.86. The van der Waals surface area contributed by atoms with E-state index < -0.39 is 10.0 Å². The lowest BCUT2D eigenvalue weighted by atomic mass is 9.96. The lowest BCUT2D eigenvalue weighted by molar-refractivity contribution is 0.0109. The predicted octanol–water partition coefficient (Wildman–Crippen LogP) is 0.809. The number of methoxy groups -OCH3 is 1. The molecule has 1 heterocycles. The van der Waals surface area contributed by atoms with Crippen LogP contribution in [0, 0.1) is 0 Å². The summed E-state index contributed by atoms with van der Waals surface area (Å²) in [7, 11) is -1.80. The molecule has 0 saturated heterocycles. The van der Waals surface area contributed by atoms with E-state index >= 15 is 0 Å². The van der Waals surface area contributed by atoms with Crippen LogP contribution in [0.4, 0.5) is 0 Å². The Bertz CT molecular complexity index is 510. The van der Waals surface area contributed by atoms with E-state index in [0.717, 1.165) is 12.8 Å². The van der Waals surface area contributed by atoms with Crippen molar-refractivity contribution in [2.75, 3.05) is 19.5 Å². The van der Waals surface area contributed by atoms with Gasteiger partial charge < -0.3 is 14.0 Å². The second-order valence-electron chi connectivity index (χ2n) is 4.78. The van der Waals surface area contributed by atoms with E-state index in [1.165, 1.54) is 6.42 Å². The zero-order chi connectivity index (χ0) is 14.4. The Balaban J connectivity index is 1.70. The summed E-state index contributed by atoms with van der Waals surface area (Å²) in [6.07, 6.45) is 3.49. The van der Waals surface area contributed by atoms with Crippen LogP contribution in [-0.4, -0.2) is 39.1 Å². The second kappa shape index (κ2) is 7.16. The van der Waals surface area contributed by atoms with Crippen LogP contribution in [-0.2, 0) is 32.6 Å². The Labute approximate surface area is 118 Å². The molecule has 20 heavy (non-hydrogen) atoms. The molecule has 1 N–H and O–H groups in total. The van der Waals surface area contributed by atoms with Crippen LogP contribution in [0.15, 0.2) is 10.6 Å². The molecule has 0 atom stereocenters. The molecule has 0 aliphatic heterocycles. The van der Waals surface area contributed by atoms with E-state index in [2.05, 4.69) is 9.88 Å². The normalized spacial score (nSPS) is 16.2. The molecule has 7 nitrogen and oxygen atoms in total. The highest BCUT2D eigenvalue weighted by Crippen LogP contribution is 2.21. The average Bonchev–Trinajstić information content (AvgIpc) is 2.79. The second-order valence-corrected chi connectivity index (χ2v) is 6.71. The zero-order valence-electron chi connectivity index (χ0n) is 11.5. The maximum atomic E-state index is 11.8. The van der Waals surface area contributed by atoms with Gasteiger partial charge in [-0.2, -0.15) is 0 Å². The van der Waals surface area contributed by atoms with Crippen LogP contribution in [0.2, 0.25) is 0 Å². The summed E-state index contributed by atoms with van der Waals surface area (Å²) in [4.78, 5) is 0. The van der Waals surface area contributed by atoms with Crippen molar-refractivity contribution in [3.8, 4) is 0 Å². The van der Waals surface area contributed by atoms with Crippen molar-refractivity contribution in [3.63, 3.8) is 0 Å². The minimum Gasteiger partial charge on any atom is -0.377 e. The molecule has 2 rings (SSSR count). The van der Waals surface area contributed by atoms with Gasteiger partial charge in [0.1, 0.15) is 6.61 Å². The van der Waals surface area contributed by atoms with Gasteiger partial charge in [-0.3, -0.25) is 0 Å². The Morgan fingerprint density at radius 2 is 2.30 bits per heavy atom. The number of hydrogen-bond acceptors (Lipinski definition) is 6. The first kappa shape index (κ1) is 15.4. The highest BCUT2D eigenvalue weighted by Gasteiger charge is 2.19. The predicted molar refractivity (Wildman–Crippen MR) is 71.4 cm³/mol. The SMILES string of the molecule is COCc1cc(CNS(=O)(=O)CCOC2CCC2)no1. The van der Waals surface area contributed by atoms with Crippen LogP contribution < -0.4 is 4.72 Å². The fourth-order valence-electron chi connectivity index (χ4n) is 1.77. The van der Waals surface area contributed by atoms with Gasteiger partial charge in [0.15, 0.2) is 5.76 Å². The van der Waals surface area contributed by atoms with Gasteiger partial charge in [0, 0.05) is 13.2 Å². The number of ether oxygens (including phenoxy) is 2. The first-order valence-electron chi connectivity index (χ1n) is 6.61. The standard InChI is InChI=1S/C12H20N2O5S/c1-17-9-12-7-10(14-19-12)8-13-20(15,16)6-5-18-11-3-2-4-11/h7,11,13H,2-6,8-9H2,1H3. The van der Waals surface area contributed by atoms with Crippen LogP contribution in [0.3, 0.4) is 0 Å². The van der Waals surface area contributed by atoms with Crippen molar-refractivity contribution >= 4 is 10.0 Å². The fourth-order valence-corrected chi connectivity index (χ4v) is 2.60. The van der Waals surface area contributed by atoms with E-state index in [4.69, 9.17) is 14.0 Å². The van der Waals surface area contributed by atoms with Gasteiger partial charge in [0.25, 0.3) is 0 Å². The highest BCUT2D eigenvalue weighted by molar-refractivity contribution is 7.89. The summed E-state index contributed by atoms with van der Waals surface area (Å²) in [6.45, 7) is 0.654. The Morgan fingerprint density at radius 1 is 1.50 bits per heavy atom. The van der Waals surface area contributed by atoms with Crippen LogP contribution >= 0.6 is 0 Å². The number of sulfonamides is 1. The molecule has 1 aliphatic carbocycles. The quantitative estimate of drug-likeness (QED) is 0.726. The molecule has 1 aromatic heterocycles. The number of nitrogens with zero attached hydrogens (tertiary/aromatic N) is 1. The first-order valence-corrected chi connectivity index (χ1v) is 8.26. The number of hydrogen-bond donors (Lipinski definition) is 1. The molecule has 0 aromatic carbocycles. The third-order valence-corrected chi connectivity index (χ3v) is 4.41. The molecule has 1 aromatic rings. The third-order valence-electron chi connectivity index (χ3n) is 3.13. The van der Waals surface area contributed by atoms with Gasteiger partial charge in [0.2, 0.25) is 10.0 Å². The van der Waals surface area contributed by atoms with E-state index in [0.29, 0.717) is 18.1 Å². The van der Waals surface area contributed by atoms with Gasteiger partial charge >= 0.3 is 0 Å². The molecule has 8 heteroatoms. The molecule has 0 unspecified atom stereocenters. The highest BCUT2D eigenvalue weighted by atomic mass is 32.2. The van der Waals surface area contributed by atoms with Crippen molar-refractivity contribution < 1.29 is 22.4 Å². The summed E-state index contributed by atoms with van der Waals surface area (Å²) in [5.41, 5.74) is 0.528. The van der Waals surface area contributed by atoms with E-state index in [9.17, 15) is 8.42 Å². The van der Waals surface area contributed by atoms with E-state index in [1.54, 1.807) is 13.2 Å². The Kier molecular flexibility index (Phi) is 5.53. The van der Waals surface area contributed by atoms with Crippen molar-refractivity contribution in [2.24, 2.45) is 0 Å². The lowest BCUT2D eigenvalue weighted by Crippen LogP contribution is -2.30. The topological polar surface area (TPSA) is 90.7 Å². The molecule has 1 fully saturated rings. The first-order chi connectivity index (χ1) is 9.59. The maximum absolute atomic E-state index is 11.8. The van der Waals surface area contributed by atoms with Crippen molar-refractivity contribution in [1.82, 2.24) is 9.88 Å². The summed E-state index contributed by atoms with van der Waals surface area (Å²) < 4.78 is 41.3. The number of nitrogens with one attached hydrogen (secondary N) is 1. The molecule has 1 saturated carbocycles. The van der Waals surface area contributed by atoms with Crippen LogP contribution in [0.5, 0.6) is 0 Å². The average molecular weight is 304 g/mol. The Hall–Kier alpha value is -0.960. The van der Waals surface area contributed by atoms with Gasteiger partial charge in [-0.25, -0.2) is 13.1 Å². The van der Waals surface area contributed by atoms with Gasteiger partial charge in [-0.1, -0.05) is 5.16 Å². The van der Waals surface area contributed by atoms with E-state index in [-0.39, 0.29) is 25.0 Å². The van der Waals surface area contributed by atoms with Crippen molar-refractivity contribution in [2.45, 2.75) is 38.5 Å². The Morgan fingerprint density at radius 3 is 2.95 bits per heavy atom. The number of rotatable bonds is 9. The molecule has 0 radical (unpaired) electrons. The molecular formula is C12H20N2O5S. The molecule has 1 aliphatic rings. The van der Waals surface area contributed by atoms with Crippen LogP contribution in [0.25, 0.3) is 0 Å². The lowest BCUT2D eigenvalue weighted by Gasteiger charge is -2.25. The fraction of sp³-hybridized carbons (Fsp3) is 0.750. The molecule has 114 valence electrons. The van der Waals surface area contributed by atoms with Crippen molar-refractivity contribution in [3.05, 3.63) is 17.5 Å². The van der Waals surface area contributed by atoms with Crippen molar-refractivity contribution in [1.29, 1.82) is 0 Å². The molecule has 0 spiro atoms. The van der Waals surface area contributed by atoms with Gasteiger partial charge in [0.05, 0.1) is 30.7 Å². The van der Waals surface area contributed by atoms with E-state index in [1.807, 2.05) is 0 Å². The largest absolute Gasteiger partial charge is 0.377 e.